The first-order valence-corrected chi connectivity index (χ1v) is 8.64. The number of ether oxygens (including phenoxy) is 3. The summed E-state index contributed by atoms with van der Waals surface area (Å²) in [5.41, 5.74) is -2.08. The van der Waals surface area contributed by atoms with Crippen molar-refractivity contribution in [3.63, 3.8) is 0 Å². The maximum absolute atomic E-state index is 12.9. The topological polar surface area (TPSA) is 108 Å². The molecule has 0 unspecified atom stereocenters. The van der Waals surface area contributed by atoms with Crippen LogP contribution in [0.3, 0.4) is 0 Å². The number of para-hydroxylation sites is 1. The van der Waals surface area contributed by atoms with E-state index in [1.54, 1.807) is 24.3 Å². The van der Waals surface area contributed by atoms with Gasteiger partial charge in [0, 0.05) is 16.7 Å². The van der Waals surface area contributed by atoms with Gasteiger partial charge in [-0.3, -0.25) is 9.59 Å². The van der Waals surface area contributed by atoms with Gasteiger partial charge in [-0.2, -0.15) is 9.97 Å². The van der Waals surface area contributed by atoms with Crippen LogP contribution in [0.25, 0.3) is 0 Å². The van der Waals surface area contributed by atoms with Crippen LogP contribution in [0.5, 0.6) is 23.5 Å². The Balaban J connectivity index is 1.79. The van der Waals surface area contributed by atoms with Crippen LogP contribution < -0.4 is 14.2 Å². The number of benzene rings is 2. The second-order valence-corrected chi connectivity index (χ2v) is 6.25. The Kier molecular flexibility index (Phi) is 4.48. The third-order valence-corrected chi connectivity index (χ3v) is 4.63. The Morgan fingerprint density at radius 1 is 0.828 bits per heavy atom. The summed E-state index contributed by atoms with van der Waals surface area (Å²) < 4.78 is 15.9. The summed E-state index contributed by atoms with van der Waals surface area (Å²) in [6.07, 6.45) is 0. The predicted octanol–water partition coefficient (Wildman–Crippen LogP) is 2.55. The van der Waals surface area contributed by atoms with Gasteiger partial charge < -0.3 is 19.3 Å². The molecule has 0 radical (unpaired) electrons. The van der Waals surface area contributed by atoms with Crippen molar-refractivity contribution in [3.05, 3.63) is 71.3 Å². The second-order valence-electron chi connectivity index (χ2n) is 6.25. The average Bonchev–Trinajstić information content (AvgIpc) is 2.96. The first-order chi connectivity index (χ1) is 14.0. The molecule has 0 spiro atoms. The molecule has 29 heavy (non-hydrogen) atoms. The third kappa shape index (κ3) is 2.90. The number of Topliss-reactive ketones (excluding diaryl/α,β-unsaturated/α-hetero) is 2. The minimum absolute atomic E-state index is 0.00316. The molecule has 8 heteroatoms. The molecule has 8 nitrogen and oxygen atoms in total. The largest absolute Gasteiger partial charge is 0.481 e. The van der Waals surface area contributed by atoms with E-state index in [1.165, 1.54) is 44.6 Å². The highest BCUT2D eigenvalue weighted by atomic mass is 16.5. The maximum atomic E-state index is 12.9. The Morgan fingerprint density at radius 2 is 1.34 bits per heavy atom. The summed E-state index contributed by atoms with van der Waals surface area (Å²) in [5.74, 6) is -0.969. The highest BCUT2D eigenvalue weighted by molar-refractivity contribution is 6.32. The van der Waals surface area contributed by atoms with E-state index >= 15 is 0 Å². The average molecular weight is 392 g/mol. The summed E-state index contributed by atoms with van der Waals surface area (Å²) >= 11 is 0. The first-order valence-electron chi connectivity index (χ1n) is 8.64. The molecule has 0 saturated carbocycles. The van der Waals surface area contributed by atoms with E-state index in [0.717, 1.165) is 0 Å². The van der Waals surface area contributed by atoms with Crippen LogP contribution in [-0.4, -0.2) is 40.9 Å². The van der Waals surface area contributed by atoms with Crippen molar-refractivity contribution >= 4 is 11.6 Å². The molecule has 1 aliphatic rings. The summed E-state index contributed by atoms with van der Waals surface area (Å²) in [6.45, 7) is 0. The fourth-order valence-corrected chi connectivity index (χ4v) is 3.21. The van der Waals surface area contributed by atoms with Crippen molar-refractivity contribution in [3.8, 4) is 23.5 Å². The lowest BCUT2D eigenvalue weighted by Crippen LogP contribution is -2.38. The van der Waals surface area contributed by atoms with Gasteiger partial charge in [-0.25, -0.2) is 0 Å². The molecule has 0 fully saturated rings. The lowest BCUT2D eigenvalue weighted by molar-refractivity contribution is 0.0313. The number of carbonyl (C=O) groups excluding carboxylic acids is 2. The van der Waals surface area contributed by atoms with Gasteiger partial charge in [0.25, 0.3) is 0 Å². The quantitative estimate of drug-likeness (QED) is 0.660. The van der Waals surface area contributed by atoms with Gasteiger partial charge in [0.15, 0.2) is 0 Å². The molecule has 0 saturated heterocycles. The summed E-state index contributed by atoms with van der Waals surface area (Å²) in [6, 6.07) is 13.8. The summed E-state index contributed by atoms with van der Waals surface area (Å²) in [7, 11) is 2.85. The lowest BCUT2D eigenvalue weighted by Gasteiger charge is -2.22. The molecule has 1 aromatic heterocycles. The smallest absolute Gasteiger partial charge is 0.328 e. The monoisotopic (exact) mass is 392 g/mol. The van der Waals surface area contributed by atoms with Crippen molar-refractivity contribution in [1.82, 2.24) is 9.97 Å². The molecule has 0 aliphatic heterocycles. The van der Waals surface area contributed by atoms with Crippen LogP contribution in [0.15, 0.2) is 54.6 Å². The van der Waals surface area contributed by atoms with Crippen LogP contribution in [0.4, 0.5) is 0 Å². The molecule has 0 amide bonds. The third-order valence-electron chi connectivity index (χ3n) is 4.63. The molecule has 146 valence electrons. The molecular weight excluding hydrogens is 376 g/mol. The normalized spacial score (nSPS) is 14.4. The number of hydrogen-bond acceptors (Lipinski definition) is 8. The number of ketones is 2. The summed E-state index contributed by atoms with van der Waals surface area (Å²) in [4.78, 5) is 34.0. The van der Waals surface area contributed by atoms with E-state index in [1.807, 2.05) is 0 Å². The number of carbonyl (C=O) groups is 2. The van der Waals surface area contributed by atoms with Crippen molar-refractivity contribution in [2.24, 2.45) is 0 Å². The standard InChI is InChI=1S/C21H16N2O6/c1-27-16-11-17(28-2)23-20(22-16)29-15-10-6-5-9-14(15)21(26)18(24)12-7-3-4-8-13(12)19(21)25/h3-11,26H,1-2H3. The van der Waals surface area contributed by atoms with E-state index in [0.29, 0.717) is 0 Å². The minimum Gasteiger partial charge on any atom is -0.481 e. The minimum atomic E-state index is -2.40. The van der Waals surface area contributed by atoms with Crippen LogP contribution in [0, 0.1) is 0 Å². The van der Waals surface area contributed by atoms with Crippen molar-refractivity contribution in [1.29, 1.82) is 0 Å². The highest BCUT2D eigenvalue weighted by Crippen LogP contribution is 2.42. The number of aliphatic hydroxyl groups is 1. The molecule has 1 N–H and O–H groups in total. The van der Waals surface area contributed by atoms with Crippen LogP contribution in [-0.2, 0) is 5.60 Å². The highest BCUT2D eigenvalue weighted by Gasteiger charge is 2.54. The molecule has 0 atom stereocenters. The predicted molar refractivity (Wildman–Crippen MR) is 101 cm³/mol. The second kappa shape index (κ2) is 6.99. The van der Waals surface area contributed by atoms with E-state index in [2.05, 4.69) is 9.97 Å². The van der Waals surface area contributed by atoms with E-state index in [4.69, 9.17) is 14.2 Å². The van der Waals surface area contributed by atoms with Crippen LogP contribution in [0.2, 0.25) is 0 Å². The molecule has 4 rings (SSSR count). The number of rotatable bonds is 5. The van der Waals surface area contributed by atoms with Crippen LogP contribution >= 0.6 is 0 Å². The zero-order valence-electron chi connectivity index (χ0n) is 15.6. The van der Waals surface area contributed by atoms with Crippen molar-refractivity contribution < 1.29 is 28.9 Å². The van der Waals surface area contributed by atoms with Gasteiger partial charge >= 0.3 is 6.01 Å². The Labute approximate surface area is 165 Å². The van der Waals surface area contributed by atoms with E-state index in [9.17, 15) is 14.7 Å². The Hall–Kier alpha value is -3.78. The molecule has 1 aliphatic carbocycles. The van der Waals surface area contributed by atoms with E-state index in [-0.39, 0.29) is 40.2 Å². The van der Waals surface area contributed by atoms with Gasteiger partial charge in [-0.1, -0.05) is 42.5 Å². The lowest BCUT2D eigenvalue weighted by atomic mass is 9.88. The zero-order valence-corrected chi connectivity index (χ0v) is 15.6. The number of fused-ring (bicyclic) bond motifs is 1. The van der Waals surface area contributed by atoms with Gasteiger partial charge in [0.1, 0.15) is 5.75 Å². The van der Waals surface area contributed by atoms with Gasteiger partial charge in [0.2, 0.25) is 28.9 Å². The van der Waals surface area contributed by atoms with Crippen LogP contribution in [0.1, 0.15) is 26.3 Å². The number of methoxy groups -OCH3 is 2. The molecular formula is C21H16N2O6. The molecule has 2 aromatic carbocycles. The number of nitrogens with zero attached hydrogens (tertiary/aromatic N) is 2. The summed E-state index contributed by atoms with van der Waals surface area (Å²) in [5, 5.41) is 11.2. The van der Waals surface area contributed by atoms with Gasteiger partial charge in [0.05, 0.1) is 20.3 Å². The first kappa shape index (κ1) is 18.6. The van der Waals surface area contributed by atoms with Gasteiger partial charge in [-0.15, -0.1) is 0 Å². The molecule has 3 aromatic rings. The van der Waals surface area contributed by atoms with Crippen molar-refractivity contribution in [2.75, 3.05) is 14.2 Å². The number of hydrogen-bond donors (Lipinski definition) is 1. The van der Waals surface area contributed by atoms with Gasteiger partial charge in [-0.05, 0) is 6.07 Å². The molecule has 0 bridgehead atoms. The Morgan fingerprint density at radius 3 is 1.90 bits per heavy atom. The fourth-order valence-electron chi connectivity index (χ4n) is 3.21. The van der Waals surface area contributed by atoms with E-state index < -0.39 is 17.2 Å². The molecule has 1 heterocycles. The fraction of sp³-hybridized carbons (Fsp3) is 0.143. The zero-order chi connectivity index (χ0) is 20.6. The van der Waals surface area contributed by atoms with Crippen molar-refractivity contribution in [2.45, 2.75) is 5.60 Å². The number of aromatic nitrogens is 2. The maximum Gasteiger partial charge on any atom is 0.328 e. The SMILES string of the molecule is COc1cc(OC)nc(Oc2ccccc2C2(O)C(=O)c3ccccc3C2=O)n1. The Bertz CT molecular complexity index is 1070.